The Morgan fingerprint density at radius 2 is 2.15 bits per heavy atom. The Bertz CT molecular complexity index is 215. The van der Waals surface area contributed by atoms with E-state index in [1.807, 2.05) is 4.90 Å². The van der Waals surface area contributed by atoms with Crippen LogP contribution in [0.5, 0.6) is 0 Å². The second kappa shape index (κ2) is 4.11. The predicted octanol–water partition coefficient (Wildman–Crippen LogP) is 0.0690. The van der Waals surface area contributed by atoms with Gasteiger partial charge >= 0.3 is 0 Å². The van der Waals surface area contributed by atoms with E-state index in [1.165, 1.54) is 0 Å². The molecule has 5 heteroatoms. The van der Waals surface area contributed by atoms with E-state index in [1.54, 1.807) is 0 Å². The molecular weight excluding hydrogens is 166 g/mol. The summed E-state index contributed by atoms with van der Waals surface area (Å²) < 4.78 is 0. The van der Waals surface area contributed by atoms with Crippen LogP contribution in [0.4, 0.5) is 0 Å². The van der Waals surface area contributed by atoms with E-state index in [0.717, 1.165) is 25.8 Å². The fourth-order valence-corrected chi connectivity index (χ4v) is 1.28. The Balaban J connectivity index is 2.53. The van der Waals surface area contributed by atoms with Gasteiger partial charge in [-0.3, -0.25) is 5.41 Å². The Labute approximate surface area is 78.3 Å². The maximum absolute atomic E-state index is 7.63. The minimum Gasteiger partial charge on any atom is -0.370 e. The van der Waals surface area contributed by atoms with Gasteiger partial charge in [0.2, 0.25) is 5.96 Å². The molecule has 5 N–H and O–H groups in total. The second-order valence-electron chi connectivity index (χ2n) is 3.28. The first kappa shape index (κ1) is 9.83. The van der Waals surface area contributed by atoms with Gasteiger partial charge in [0.25, 0.3) is 0 Å². The highest BCUT2D eigenvalue weighted by Gasteiger charge is 2.30. The van der Waals surface area contributed by atoms with Crippen LogP contribution < -0.4 is 11.5 Å². The minimum absolute atomic E-state index is 0.0354. The van der Waals surface area contributed by atoms with Crippen molar-refractivity contribution in [3.63, 3.8) is 0 Å². The van der Waals surface area contributed by atoms with Crippen molar-refractivity contribution in [3.05, 3.63) is 0 Å². The summed E-state index contributed by atoms with van der Waals surface area (Å²) in [5.41, 5.74) is 10.4. The number of aliphatic imine (C=N–C) groups is 1. The van der Waals surface area contributed by atoms with Crippen LogP contribution in [0, 0.1) is 5.41 Å². The fourth-order valence-electron chi connectivity index (χ4n) is 1.28. The lowest BCUT2D eigenvalue weighted by Crippen LogP contribution is -2.35. The molecular formula is C8H17N5. The molecule has 0 aliphatic heterocycles. The van der Waals surface area contributed by atoms with Crippen molar-refractivity contribution < 1.29 is 0 Å². The highest BCUT2D eigenvalue weighted by Crippen LogP contribution is 2.27. The summed E-state index contributed by atoms with van der Waals surface area (Å²) in [5.74, 6) is 0.163. The standard InChI is InChI=1S/C8H17N5/c1-2-5-13(6-3-4-6)8(11)12-7(9)10/h6H,2-5H2,1H3,(H5,9,10,11,12). The smallest absolute Gasteiger partial charge is 0.221 e. The summed E-state index contributed by atoms with van der Waals surface area (Å²) in [6.07, 6.45) is 3.32. The summed E-state index contributed by atoms with van der Waals surface area (Å²) in [6.45, 7) is 2.94. The van der Waals surface area contributed by atoms with E-state index < -0.39 is 0 Å². The molecule has 5 nitrogen and oxygen atoms in total. The van der Waals surface area contributed by atoms with Crippen molar-refractivity contribution >= 4 is 11.9 Å². The van der Waals surface area contributed by atoms with Crippen molar-refractivity contribution in [2.75, 3.05) is 6.54 Å². The van der Waals surface area contributed by atoms with Crippen LogP contribution in [0.3, 0.4) is 0 Å². The van der Waals surface area contributed by atoms with Gasteiger partial charge in [0.15, 0.2) is 5.96 Å². The van der Waals surface area contributed by atoms with Crippen LogP contribution in [-0.4, -0.2) is 29.4 Å². The van der Waals surface area contributed by atoms with E-state index >= 15 is 0 Å². The molecule has 0 spiro atoms. The third-order valence-corrected chi connectivity index (χ3v) is 1.96. The molecule has 0 atom stereocenters. The summed E-state index contributed by atoms with van der Waals surface area (Å²) in [4.78, 5) is 5.70. The lowest BCUT2D eigenvalue weighted by molar-refractivity contribution is 0.402. The fraction of sp³-hybridized carbons (Fsp3) is 0.750. The molecule has 13 heavy (non-hydrogen) atoms. The van der Waals surface area contributed by atoms with Gasteiger partial charge in [-0.15, -0.1) is 0 Å². The molecule has 0 aromatic carbocycles. The van der Waals surface area contributed by atoms with E-state index in [-0.39, 0.29) is 11.9 Å². The van der Waals surface area contributed by atoms with Crippen LogP contribution in [-0.2, 0) is 0 Å². The van der Waals surface area contributed by atoms with E-state index in [4.69, 9.17) is 16.9 Å². The first-order valence-corrected chi connectivity index (χ1v) is 4.60. The van der Waals surface area contributed by atoms with Gasteiger partial charge in [-0.05, 0) is 19.3 Å². The molecule has 1 saturated carbocycles. The first-order valence-electron chi connectivity index (χ1n) is 4.60. The summed E-state index contributed by atoms with van der Waals surface area (Å²) in [6, 6.07) is 0.496. The quantitative estimate of drug-likeness (QED) is 0.427. The maximum Gasteiger partial charge on any atom is 0.221 e. The predicted molar refractivity (Wildman–Crippen MR) is 53.6 cm³/mol. The maximum atomic E-state index is 7.63. The number of nitrogens with zero attached hydrogens (tertiary/aromatic N) is 2. The van der Waals surface area contributed by atoms with Crippen molar-refractivity contribution in [2.45, 2.75) is 32.2 Å². The number of hydrogen-bond acceptors (Lipinski definition) is 1. The number of nitrogens with two attached hydrogens (primary N) is 2. The molecule has 0 aromatic rings. The van der Waals surface area contributed by atoms with Gasteiger partial charge < -0.3 is 16.4 Å². The topological polar surface area (TPSA) is 91.5 Å². The van der Waals surface area contributed by atoms with Gasteiger partial charge in [0.1, 0.15) is 0 Å². The Morgan fingerprint density at radius 3 is 2.54 bits per heavy atom. The monoisotopic (exact) mass is 183 g/mol. The van der Waals surface area contributed by atoms with Gasteiger partial charge in [-0.1, -0.05) is 6.92 Å². The third-order valence-electron chi connectivity index (χ3n) is 1.96. The zero-order chi connectivity index (χ0) is 9.84. The van der Waals surface area contributed by atoms with Crippen LogP contribution >= 0.6 is 0 Å². The van der Waals surface area contributed by atoms with E-state index in [9.17, 15) is 0 Å². The van der Waals surface area contributed by atoms with Gasteiger partial charge in [0, 0.05) is 12.6 Å². The highest BCUT2D eigenvalue weighted by molar-refractivity contribution is 5.91. The molecule has 1 fully saturated rings. The summed E-state index contributed by atoms with van der Waals surface area (Å²) in [5, 5.41) is 7.63. The van der Waals surface area contributed by atoms with E-state index in [0.29, 0.717) is 6.04 Å². The molecule has 0 bridgehead atoms. The molecule has 0 radical (unpaired) electrons. The molecule has 0 unspecified atom stereocenters. The Morgan fingerprint density at radius 1 is 1.54 bits per heavy atom. The number of hydrogen-bond donors (Lipinski definition) is 3. The number of guanidine groups is 2. The van der Waals surface area contributed by atoms with Crippen molar-refractivity contribution in [3.8, 4) is 0 Å². The Kier molecular flexibility index (Phi) is 3.11. The molecule has 1 rings (SSSR count). The summed E-state index contributed by atoms with van der Waals surface area (Å²) >= 11 is 0. The zero-order valence-electron chi connectivity index (χ0n) is 7.95. The molecule has 74 valence electrons. The third kappa shape index (κ3) is 2.93. The van der Waals surface area contributed by atoms with Crippen LogP contribution in [0.15, 0.2) is 4.99 Å². The zero-order valence-corrected chi connectivity index (χ0v) is 7.95. The van der Waals surface area contributed by atoms with E-state index in [2.05, 4.69) is 11.9 Å². The van der Waals surface area contributed by atoms with Crippen molar-refractivity contribution in [1.29, 1.82) is 5.41 Å². The van der Waals surface area contributed by atoms with Crippen LogP contribution in [0.1, 0.15) is 26.2 Å². The molecule has 1 aliphatic rings. The SMILES string of the molecule is CCCN(C(=N)N=C(N)N)C1CC1. The molecule has 0 amide bonds. The van der Waals surface area contributed by atoms with Crippen LogP contribution in [0.2, 0.25) is 0 Å². The van der Waals surface area contributed by atoms with Gasteiger partial charge in [-0.2, -0.15) is 4.99 Å². The summed E-state index contributed by atoms with van der Waals surface area (Å²) in [7, 11) is 0. The Hall–Kier alpha value is -1.26. The number of rotatable bonds is 3. The lowest BCUT2D eigenvalue weighted by atomic mass is 10.4. The average Bonchev–Trinajstić information content (AvgIpc) is 2.81. The first-order chi connectivity index (χ1) is 6.15. The molecule has 0 heterocycles. The molecule has 0 saturated heterocycles. The lowest BCUT2D eigenvalue weighted by Gasteiger charge is -2.21. The van der Waals surface area contributed by atoms with Crippen LogP contribution in [0.25, 0.3) is 0 Å². The highest BCUT2D eigenvalue weighted by atomic mass is 15.3. The largest absolute Gasteiger partial charge is 0.370 e. The second-order valence-corrected chi connectivity index (χ2v) is 3.28. The number of nitrogens with one attached hydrogen (secondary N) is 1. The normalized spacial score (nSPS) is 15.2. The van der Waals surface area contributed by atoms with Crippen molar-refractivity contribution in [1.82, 2.24) is 4.90 Å². The minimum atomic E-state index is -0.0354. The van der Waals surface area contributed by atoms with Gasteiger partial charge in [0.05, 0.1) is 0 Å². The molecule has 1 aliphatic carbocycles. The average molecular weight is 183 g/mol. The van der Waals surface area contributed by atoms with Crippen molar-refractivity contribution in [2.24, 2.45) is 16.5 Å². The molecule has 0 aromatic heterocycles. The van der Waals surface area contributed by atoms with Gasteiger partial charge in [-0.25, -0.2) is 0 Å².